The van der Waals surface area contributed by atoms with E-state index >= 15 is 0 Å². The Bertz CT molecular complexity index is 1120. The molecule has 1 aliphatic rings. The van der Waals surface area contributed by atoms with Gasteiger partial charge in [0.2, 0.25) is 5.91 Å². The molecule has 0 aliphatic carbocycles. The first kappa shape index (κ1) is 24.3. The van der Waals surface area contributed by atoms with Gasteiger partial charge in [0.1, 0.15) is 11.6 Å². The molecule has 34 heavy (non-hydrogen) atoms. The summed E-state index contributed by atoms with van der Waals surface area (Å²) in [7, 11) is 1.69. The summed E-state index contributed by atoms with van der Waals surface area (Å²) in [5.41, 5.74) is 4.72. The third-order valence-electron chi connectivity index (χ3n) is 6.33. The molecule has 8 heteroatoms. The highest BCUT2D eigenvalue weighted by Gasteiger charge is 2.22. The van der Waals surface area contributed by atoms with Gasteiger partial charge in [-0.15, -0.1) is 10.2 Å². The first-order valence-corrected chi connectivity index (χ1v) is 12.7. The van der Waals surface area contributed by atoms with Gasteiger partial charge in [-0.2, -0.15) is 0 Å². The average molecular weight is 480 g/mol. The lowest BCUT2D eigenvalue weighted by Gasteiger charge is -2.34. The van der Waals surface area contributed by atoms with Crippen molar-refractivity contribution in [2.75, 3.05) is 45.6 Å². The van der Waals surface area contributed by atoms with Crippen LogP contribution in [0.15, 0.2) is 47.6 Å². The molecule has 0 radical (unpaired) electrons. The number of nitrogens with zero attached hydrogens (tertiary/aromatic N) is 5. The zero-order chi connectivity index (χ0) is 24.1. The van der Waals surface area contributed by atoms with E-state index in [0.717, 1.165) is 67.1 Å². The maximum atomic E-state index is 12.9. The van der Waals surface area contributed by atoms with Crippen molar-refractivity contribution in [3.63, 3.8) is 0 Å². The second kappa shape index (κ2) is 11.1. The number of hydrogen-bond acceptors (Lipinski definition) is 6. The summed E-state index contributed by atoms with van der Waals surface area (Å²) in [5, 5.41) is 9.38. The Morgan fingerprint density at radius 3 is 2.44 bits per heavy atom. The van der Waals surface area contributed by atoms with Gasteiger partial charge in [0.15, 0.2) is 5.16 Å². The zero-order valence-corrected chi connectivity index (χ0v) is 21.3. The number of amides is 1. The third kappa shape index (κ3) is 5.80. The predicted octanol–water partition coefficient (Wildman–Crippen LogP) is 3.68. The van der Waals surface area contributed by atoms with E-state index in [4.69, 9.17) is 4.74 Å². The van der Waals surface area contributed by atoms with E-state index in [-0.39, 0.29) is 5.91 Å². The molecule has 0 atom stereocenters. The summed E-state index contributed by atoms with van der Waals surface area (Å²) in [4.78, 5) is 17.3. The Hall–Kier alpha value is -2.84. The normalized spacial score (nSPS) is 14.4. The second-order valence-electron chi connectivity index (χ2n) is 8.76. The standard InChI is InChI=1S/C26H33N5O2S/c1-19-5-6-20(2)24(17-19)31-21(3)27-28-26(31)34-18-25(32)30-15-13-29(14-16-30)12-11-22-7-9-23(33-4)10-8-22/h5-10,17H,11-16,18H2,1-4H3. The number of piperazine rings is 1. The molecule has 3 aromatic rings. The molecule has 1 saturated heterocycles. The minimum atomic E-state index is 0.160. The van der Waals surface area contributed by atoms with Gasteiger partial charge in [0.05, 0.1) is 18.6 Å². The van der Waals surface area contributed by atoms with Crippen LogP contribution < -0.4 is 4.74 Å². The Labute approximate surface area is 206 Å². The Morgan fingerprint density at radius 2 is 1.74 bits per heavy atom. The monoisotopic (exact) mass is 479 g/mol. The summed E-state index contributed by atoms with van der Waals surface area (Å²) in [6.45, 7) is 10.5. The molecule has 4 rings (SSSR count). The minimum Gasteiger partial charge on any atom is -0.497 e. The van der Waals surface area contributed by atoms with Crippen molar-refractivity contribution >= 4 is 17.7 Å². The van der Waals surface area contributed by atoms with Crippen molar-refractivity contribution < 1.29 is 9.53 Å². The van der Waals surface area contributed by atoms with Crippen LogP contribution >= 0.6 is 11.8 Å². The molecule has 0 unspecified atom stereocenters. The van der Waals surface area contributed by atoms with Crippen molar-refractivity contribution in [3.05, 3.63) is 65.0 Å². The molecule has 1 aliphatic heterocycles. The van der Waals surface area contributed by atoms with Gasteiger partial charge in [-0.3, -0.25) is 14.3 Å². The molecule has 180 valence electrons. The number of aromatic nitrogens is 3. The first-order chi connectivity index (χ1) is 16.4. The van der Waals surface area contributed by atoms with Crippen LogP contribution in [0.25, 0.3) is 5.69 Å². The van der Waals surface area contributed by atoms with Gasteiger partial charge < -0.3 is 9.64 Å². The Kier molecular flexibility index (Phi) is 7.90. The van der Waals surface area contributed by atoms with E-state index < -0.39 is 0 Å². The fraction of sp³-hybridized carbons (Fsp3) is 0.423. The molecule has 1 fully saturated rings. The maximum Gasteiger partial charge on any atom is 0.233 e. The van der Waals surface area contributed by atoms with E-state index in [1.807, 2.05) is 24.0 Å². The fourth-order valence-corrected chi connectivity index (χ4v) is 5.09. The molecular weight excluding hydrogens is 446 g/mol. The number of carbonyl (C=O) groups excluding carboxylic acids is 1. The Balaban J connectivity index is 1.27. The van der Waals surface area contributed by atoms with Crippen molar-refractivity contribution in [3.8, 4) is 11.4 Å². The fourth-order valence-electron chi connectivity index (χ4n) is 4.19. The lowest BCUT2D eigenvalue weighted by molar-refractivity contribution is -0.130. The van der Waals surface area contributed by atoms with Crippen LogP contribution in [0.5, 0.6) is 5.75 Å². The largest absolute Gasteiger partial charge is 0.497 e. The van der Waals surface area contributed by atoms with Gasteiger partial charge in [0, 0.05) is 32.7 Å². The van der Waals surface area contributed by atoms with E-state index in [0.29, 0.717) is 5.75 Å². The summed E-state index contributed by atoms with van der Waals surface area (Å²) in [5.74, 6) is 2.24. The quantitative estimate of drug-likeness (QED) is 0.460. The molecule has 0 bridgehead atoms. The predicted molar refractivity (Wildman–Crippen MR) is 136 cm³/mol. The van der Waals surface area contributed by atoms with Crippen LogP contribution in [0.3, 0.4) is 0 Å². The molecule has 1 amide bonds. The number of thioether (sulfide) groups is 1. The van der Waals surface area contributed by atoms with Gasteiger partial charge >= 0.3 is 0 Å². The molecule has 2 aromatic carbocycles. The SMILES string of the molecule is COc1ccc(CCN2CCN(C(=O)CSc3nnc(C)n3-c3cc(C)ccc3C)CC2)cc1. The second-order valence-corrected chi connectivity index (χ2v) is 9.71. The number of benzene rings is 2. The van der Waals surface area contributed by atoms with E-state index in [1.165, 1.54) is 22.9 Å². The number of carbonyl (C=O) groups is 1. The van der Waals surface area contributed by atoms with Gasteiger partial charge in [0.25, 0.3) is 0 Å². The number of hydrogen-bond donors (Lipinski definition) is 0. The molecule has 0 spiro atoms. The highest BCUT2D eigenvalue weighted by atomic mass is 32.2. The van der Waals surface area contributed by atoms with Crippen LogP contribution in [0, 0.1) is 20.8 Å². The van der Waals surface area contributed by atoms with Gasteiger partial charge in [-0.1, -0.05) is 36.0 Å². The molecule has 0 saturated carbocycles. The van der Waals surface area contributed by atoms with E-state index in [2.05, 4.69) is 63.8 Å². The summed E-state index contributed by atoms with van der Waals surface area (Å²) >= 11 is 1.46. The number of aryl methyl sites for hydroxylation is 3. The van der Waals surface area contributed by atoms with E-state index in [1.54, 1.807) is 7.11 Å². The first-order valence-electron chi connectivity index (χ1n) is 11.7. The van der Waals surface area contributed by atoms with Crippen LogP contribution in [-0.4, -0.2) is 76.1 Å². The third-order valence-corrected chi connectivity index (χ3v) is 7.24. The van der Waals surface area contributed by atoms with Crippen LogP contribution in [0.2, 0.25) is 0 Å². The smallest absolute Gasteiger partial charge is 0.233 e. The average Bonchev–Trinajstić information content (AvgIpc) is 3.23. The molecule has 7 nitrogen and oxygen atoms in total. The lowest BCUT2D eigenvalue weighted by atomic mass is 10.1. The van der Waals surface area contributed by atoms with Crippen molar-refractivity contribution in [1.82, 2.24) is 24.6 Å². The van der Waals surface area contributed by atoms with E-state index in [9.17, 15) is 4.79 Å². The van der Waals surface area contributed by atoms with Crippen molar-refractivity contribution in [2.24, 2.45) is 0 Å². The number of methoxy groups -OCH3 is 1. The molecule has 2 heterocycles. The lowest BCUT2D eigenvalue weighted by Crippen LogP contribution is -2.49. The van der Waals surface area contributed by atoms with Gasteiger partial charge in [-0.25, -0.2) is 0 Å². The van der Waals surface area contributed by atoms with Crippen LogP contribution in [-0.2, 0) is 11.2 Å². The molecule has 1 aromatic heterocycles. The number of ether oxygens (including phenoxy) is 1. The maximum absolute atomic E-state index is 12.9. The van der Waals surface area contributed by atoms with Crippen LogP contribution in [0.1, 0.15) is 22.5 Å². The Morgan fingerprint density at radius 1 is 1.00 bits per heavy atom. The van der Waals surface area contributed by atoms with Crippen molar-refractivity contribution in [2.45, 2.75) is 32.3 Å². The van der Waals surface area contributed by atoms with Crippen molar-refractivity contribution in [1.29, 1.82) is 0 Å². The highest BCUT2D eigenvalue weighted by molar-refractivity contribution is 7.99. The van der Waals surface area contributed by atoms with Gasteiger partial charge in [-0.05, 0) is 62.1 Å². The summed E-state index contributed by atoms with van der Waals surface area (Å²) < 4.78 is 7.28. The zero-order valence-electron chi connectivity index (χ0n) is 20.5. The highest BCUT2D eigenvalue weighted by Crippen LogP contribution is 2.25. The summed E-state index contributed by atoms with van der Waals surface area (Å²) in [6, 6.07) is 14.6. The summed E-state index contributed by atoms with van der Waals surface area (Å²) in [6.07, 6.45) is 1.00. The molecule has 0 N–H and O–H groups in total. The van der Waals surface area contributed by atoms with Crippen LogP contribution in [0.4, 0.5) is 0 Å². The molecular formula is C26H33N5O2S. The minimum absolute atomic E-state index is 0.160. The topological polar surface area (TPSA) is 63.5 Å². The number of rotatable bonds is 8.